The van der Waals surface area contributed by atoms with Gasteiger partial charge < -0.3 is 10.6 Å². The zero-order valence-corrected chi connectivity index (χ0v) is 14.4. The van der Waals surface area contributed by atoms with Gasteiger partial charge in [-0.15, -0.1) is 5.10 Å². The van der Waals surface area contributed by atoms with E-state index in [0.29, 0.717) is 11.7 Å². The predicted octanol–water partition coefficient (Wildman–Crippen LogP) is 1.71. The van der Waals surface area contributed by atoms with Gasteiger partial charge in [-0.3, -0.25) is 9.48 Å². The van der Waals surface area contributed by atoms with Crippen molar-refractivity contribution in [3.63, 3.8) is 0 Å². The van der Waals surface area contributed by atoms with E-state index in [2.05, 4.69) is 45.2 Å². The molecular weight excluding hydrogens is 314 g/mol. The summed E-state index contributed by atoms with van der Waals surface area (Å²) in [5.41, 5.74) is 3.07. The average molecular weight is 339 g/mol. The number of fused-ring (bicyclic) bond motifs is 1. The highest BCUT2D eigenvalue weighted by Crippen LogP contribution is 2.21. The molecule has 1 aromatic heterocycles. The molecule has 0 saturated carbocycles. The van der Waals surface area contributed by atoms with Crippen LogP contribution in [0, 0.1) is 0 Å². The molecule has 1 aliphatic carbocycles. The van der Waals surface area contributed by atoms with Crippen LogP contribution in [0.25, 0.3) is 0 Å². The molecule has 2 heterocycles. The fourth-order valence-corrected chi connectivity index (χ4v) is 3.89. The number of aryl methyl sites for hydroxylation is 1. The third-order valence-electron chi connectivity index (χ3n) is 5.28. The van der Waals surface area contributed by atoms with E-state index < -0.39 is 0 Å². The summed E-state index contributed by atoms with van der Waals surface area (Å²) in [4.78, 5) is 12.4. The average Bonchev–Trinajstić information content (AvgIpc) is 3.27. The Bertz CT molecular complexity index is 710. The van der Waals surface area contributed by atoms with Crippen LogP contribution in [0.5, 0.6) is 0 Å². The Labute approximate surface area is 148 Å². The van der Waals surface area contributed by atoms with E-state index in [1.54, 1.807) is 10.9 Å². The first kappa shape index (κ1) is 16.3. The minimum absolute atomic E-state index is 0.125. The second-order valence-electron chi connectivity index (χ2n) is 7.15. The van der Waals surface area contributed by atoms with Crippen LogP contribution in [0.15, 0.2) is 30.5 Å². The summed E-state index contributed by atoms with van der Waals surface area (Å²) in [5.74, 6) is -0.125. The van der Waals surface area contributed by atoms with Crippen molar-refractivity contribution < 1.29 is 4.79 Å². The van der Waals surface area contributed by atoms with Gasteiger partial charge in [-0.25, -0.2) is 0 Å². The third-order valence-corrected chi connectivity index (χ3v) is 5.28. The van der Waals surface area contributed by atoms with Gasteiger partial charge in [-0.1, -0.05) is 35.9 Å². The van der Waals surface area contributed by atoms with E-state index in [4.69, 9.17) is 0 Å². The quantitative estimate of drug-likeness (QED) is 0.870. The fourth-order valence-electron chi connectivity index (χ4n) is 3.89. The summed E-state index contributed by atoms with van der Waals surface area (Å²) in [6.45, 7) is 1.91. The van der Waals surface area contributed by atoms with Crippen LogP contribution >= 0.6 is 0 Å². The number of hydrogen-bond acceptors (Lipinski definition) is 4. The van der Waals surface area contributed by atoms with Gasteiger partial charge in [0.05, 0.1) is 6.20 Å². The highest BCUT2D eigenvalue weighted by atomic mass is 16.2. The normalized spacial score (nSPS) is 20.4. The Morgan fingerprint density at radius 1 is 1.24 bits per heavy atom. The van der Waals surface area contributed by atoms with Crippen molar-refractivity contribution in [3.05, 3.63) is 47.3 Å². The summed E-state index contributed by atoms with van der Waals surface area (Å²) >= 11 is 0. The zero-order valence-electron chi connectivity index (χ0n) is 14.4. The second kappa shape index (κ2) is 7.35. The van der Waals surface area contributed by atoms with Gasteiger partial charge in [0.2, 0.25) is 0 Å². The monoisotopic (exact) mass is 339 g/mol. The molecule has 132 valence electrons. The Hall–Kier alpha value is -2.21. The number of carbonyl (C=O) groups is 1. The lowest BCUT2D eigenvalue weighted by atomic mass is 10.0. The number of hydrogen-bond donors (Lipinski definition) is 2. The van der Waals surface area contributed by atoms with Crippen LogP contribution in [-0.4, -0.2) is 39.5 Å². The molecule has 2 aromatic rings. The number of rotatable bonds is 5. The summed E-state index contributed by atoms with van der Waals surface area (Å²) in [5, 5.41) is 14.8. The zero-order chi connectivity index (χ0) is 17.1. The molecule has 2 aliphatic rings. The minimum Gasteiger partial charge on any atom is -0.347 e. The molecule has 25 heavy (non-hydrogen) atoms. The molecule has 6 heteroatoms. The SMILES string of the molecule is O=C(NC1Cc2ccccc2C1)c1cn(CCC2CCCCN2)nn1. The number of benzene rings is 1. The Morgan fingerprint density at radius 2 is 2.04 bits per heavy atom. The van der Waals surface area contributed by atoms with Crippen molar-refractivity contribution in [1.82, 2.24) is 25.6 Å². The molecule has 1 aromatic carbocycles. The lowest BCUT2D eigenvalue weighted by Gasteiger charge is -2.23. The lowest BCUT2D eigenvalue weighted by molar-refractivity contribution is 0.0933. The van der Waals surface area contributed by atoms with E-state index in [1.807, 2.05) is 0 Å². The summed E-state index contributed by atoms with van der Waals surface area (Å²) in [7, 11) is 0. The van der Waals surface area contributed by atoms with Crippen molar-refractivity contribution in [2.75, 3.05) is 6.54 Å². The standard InChI is InChI=1S/C19H25N5O/c25-19(21-17-11-14-5-1-2-6-15(14)12-17)18-13-24(23-22-18)10-8-16-7-3-4-9-20-16/h1-2,5-6,13,16-17,20H,3-4,7-12H2,(H,21,25). The molecule has 0 bridgehead atoms. The maximum absolute atomic E-state index is 12.4. The molecule has 1 aliphatic heterocycles. The smallest absolute Gasteiger partial charge is 0.273 e. The largest absolute Gasteiger partial charge is 0.347 e. The van der Waals surface area contributed by atoms with Crippen LogP contribution in [0.2, 0.25) is 0 Å². The van der Waals surface area contributed by atoms with Gasteiger partial charge >= 0.3 is 0 Å². The number of piperidine rings is 1. The molecule has 1 saturated heterocycles. The molecular formula is C19H25N5O. The predicted molar refractivity (Wildman–Crippen MR) is 95.4 cm³/mol. The molecule has 6 nitrogen and oxygen atoms in total. The Balaban J connectivity index is 1.29. The van der Waals surface area contributed by atoms with E-state index in [0.717, 1.165) is 32.4 Å². The van der Waals surface area contributed by atoms with Crippen molar-refractivity contribution in [2.45, 2.75) is 57.2 Å². The number of nitrogens with one attached hydrogen (secondary N) is 2. The maximum atomic E-state index is 12.4. The Morgan fingerprint density at radius 3 is 2.76 bits per heavy atom. The van der Waals surface area contributed by atoms with E-state index in [-0.39, 0.29) is 11.9 Å². The molecule has 4 rings (SSSR count). The maximum Gasteiger partial charge on any atom is 0.273 e. The van der Waals surface area contributed by atoms with Crippen LogP contribution in [0.3, 0.4) is 0 Å². The number of nitrogens with zero attached hydrogens (tertiary/aromatic N) is 3. The topological polar surface area (TPSA) is 71.8 Å². The van der Waals surface area contributed by atoms with Crippen molar-refractivity contribution in [2.24, 2.45) is 0 Å². The van der Waals surface area contributed by atoms with Gasteiger partial charge in [0.15, 0.2) is 5.69 Å². The molecule has 0 radical (unpaired) electrons. The van der Waals surface area contributed by atoms with Crippen LogP contribution in [0.1, 0.15) is 47.3 Å². The van der Waals surface area contributed by atoms with Gasteiger partial charge in [0, 0.05) is 18.6 Å². The lowest BCUT2D eigenvalue weighted by Crippen LogP contribution is -2.35. The van der Waals surface area contributed by atoms with Crippen molar-refractivity contribution >= 4 is 5.91 Å². The number of carbonyl (C=O) groups excluding carboxylic acids is 1. The summed E-state index contributed by atoms with van der Waals surface area (Å²) in [6.07, 6.45) is 8.38. The molecule has 1 fully saturated rings. The first-order valence-electron chi connectivity index (χ1n) is 9.29. The summed E-state index contributed by atoms with van der Waals surface area (Å²) < 4.78 is 1.79. The van der Waals surface area contributed by atoms with Gasteiger partial charge in [-0.2, -0.15) is 0 Å². The van der Waals surface area contributed by atoms with Gasteiger partial charge in [0.1, 0.15) is 0 Å². The highest BCUT2D eigenvalue weighted by molar-refractivity contribution is 5.92. The van der Waals surface area contributed by atoms with E-state index >= 15 is 0 Å². The molecule has 1 amide bonds. The van der Waals surface area contributed by atoms with Crippen molar-refractivity contribution in [3.8, 4) is 0 Å². The molecule has 1 atom stereocenters. The fraction of sp³-hybridized carbons (Fsp3) is 0.526. The van der Waals surface area contributed by atoms with Gasteiger partial charge in [-0.05, 0) is 49.8 Å². The Kier molecular flexibility index (Phi) is 4.78. The second-order valence-corrected chi connectivity index (χ2v) is 7.15. The van der Waals surface area contributed by atoms with Crippen molar-refractivity contribution in [1.29, 1.82) is 0 Å². The summed E-state index contributed by atoms with van der Waals surface area (Å²) in [6, 6.07) is 9.09. The number of amides is 1. The first-order chi connectivity index (χ1) is 12.3. The van der Waals surface area contributed by atoms with E-state index in [1.165, 1.54) is 30.4 Å². The minimum atomic E-state index is -0.125. The van der Waals surface area contributed by atoms with Crippen LogP contribution in [-0.2, 0) is 19.4 Å². The molecule has 0 spiro atoms. The first-order valence-corrected chi connectivity index (χ1v) is 9.29. The third kappa shape index (κ3) is 3.90. The highest BCUT2D eigenvalue weighted by Gasteiger charge is 2.24. The van der Waals surface area contributed by atoms with Crippen LogP contribution in [0.4, 0.5) is 0 Å². The molecule has 1 unspecified atom stereocenters. The molecule has 2 N–H and O–H groups in total. The van der Waals surface area contributed by atoms with Crippen LogP contribution < -0.4 is 10.6 Å². The number of aromatic nitrogens is 3. The van der Waals surface area contributed by atoms with E-state index in [9.17, 15) is 4.79 Å². The van der Waals surface area contributed by atoms with Gasteiger partial charge in [0.25, 0.3) is 5.91 Å².